The zero-order valence-corrected chi connectivity index (χ0v) is 15.7. The number of thioether (sulfide) groups is 1. The summed E-state index contributed by atoms with van der Waals surface area (Å²) in [6.07, 6.45) is -3.39. The fourth-order valence-corrected chi connectivity index (χ4v) is 3.91. The first-order valence-electron chi connectivity index (χ1n) is 8.72. The van der Waals surface area contributed by atoms with Gasteiger partial charge in [0.15, 0.2) is 0 Å². The van der Waals surface area contributed by atoms with Crippen LogP contribution in [-0.4, -0.2) is 24.7 Å². The smallest absolute Gasteiger partial charge is 0.362 e. The van der Waals surface area contributed by atoms with Gasteiger partial charge in [-0.3, -0.25) is 4.79 Å². The number of nitrogens with one attached hydrogen (secondary N) is 1. The van der Waals surface area contributed by atoms with Crippen molar-refractivity contribution in [2.24, 2.45) is 0 Å². The number of carbonyl (C=O) groups excluding carboxylic acids is 1. The van der Waals surface area contributed by atoms with Crippen molar-refractivity contribution in [3.05, 3.63) is 53.6 Å². The number of hydrogen-bond donors (Lipinski definition) is 1. The van der Waals surface area contributed by atoms with Crippen molar-refractivity contribution in [2.45, 2.75) is 23.9 Å². The summed E-state index contributed by atoms with van der Waals surface area (Å²) in [5.74, 6) is 0.0581. The summed E-state index contributed by atoms with van der Waals surface area (Å²) < 4.78 is 39.2. The molecule has 0 aromatic heterocycles. The lowest BCUT2D eigenvalue weighted by molar-refractivity contribution is -0.137. The Morgan fingerprint density at radius 3 is 2.79 bits per heavy atom. The minimum Gasteiger partial charge on any atom is -0.362 e. The lowest BCUT2D eigenvalue weighted by Gasteiger charge is -2.20. The molecule has 2 aromatic carbocycles. The monoisotopic (exact) mass is 405 g/mol. The normalized spacial score (nSPS) is 13.1. The summed E-state index contributed by atoms with van der Waals surface area (Å²) in [6.45, 7) is 0.759. The molecule has 0 fully saturated rings. The van der Waals surface area contributed by atoms with Gasteiger partial charge in [0.25, 0.3) is 0 Å². The van der Waals surface area contributed by atoms with Crippen LogP contribution in [0.4, 0.5) is 24.5 Å². The Labute approximate surface area is 165 Å². The van der Waals surface area contributed by atoms with Crippen LogP contribution in [-0.2, 0) is 17.4 Å². The van der Waals surface area contributed by atoms with Crippen LogP contribution in [0.3, 0.4) is 0 Å². The van der Waals surface area contributed by atoms with Gasteiger partial charge in [0.2, 0.25) is 5.91 Å². The van der Waals surface area contributed by atoms with E-state index in [0.29, 0.717) is 17.2 Å². The van der Waals surface area contributed by atoms with E-state index in [1.54, 1.807) is 0 Å². The van der Waals surface area contributed by atoms with Crippen molar-refractivity contribution in [3.8, 4) is 6.07 Å². The molecule has 0 radical (unpaired) electrons. The molecule has 146 valence electrons. The minimum atomic E-state index is -4.50. The van der Waals surface area contributed by atoms with Crippen LogP contribution in [0.2, 0.25) is 0 Å². The molecule has 1 aliphatic rings. The molecule has 1 heterocycles. The van der Waals surface area contributed by atoms with Gasteiger partial charge in [-0.25, -0.2) is 0 Å². The topological polar surface area (TPSA) is 56.1 Å². The number of nitrogens with zero attached hydrogens (tertiary/aromatic N) is 2. The van der Waals surface area contributed by atoms with Crippen LogP contribution >= 0.6 is 11.8 Å². The first-order valence-corrected chi connectivity index (χ1v) is 9.71. The Morgan fingerprint density at radius 1 is 1.25 bits per heavy atom. The molecule has 0 atom stereocenters. The van der Waals surface area contributed by atoms with E-state index in [2.05, 4.69) is 5.32 Å². The van der Waals surface area contributed by atoms with Gasteiger partial charge in [-0.15, -0.1) is 11.8 Å². The lowest BCUT2D eigenvalue weighted by Crippen LogP contribution is -2.32. The average molecular weight is 405 g/mol. The van der Waals surface area contributed by atoms with Crippen molar-refractivity contribution in [3.63, 3.8) is 0 Å². The second-order valence-corrected chi connectivity index (χ2v) is 7.45. The number of nitriles is 1. The number of hydrogen-bond acceptors (Lipinski definition) is 4. The molecule has 0 bridgehead atoms. The zero-order valence-electron chi connectivity index (χ0n) is 14.9. The highest BCUT2D eigenvalue weighted by molar-refractivity contribution is 7.99. The van der Waals surface area contributed by atoms with Crippen LogP contribution in [0.1, 0.15) is 17.5 Å². The molecule has 4 nitrogen and oxygen atoms in total. The molecule has 1 aliphatic heterocycles. The van der Waals surface area contributed by atoms with Crippen LogP contribution in [0.5, 0.6) is 0 Å². The van der Waals surface area contributed by atoms with Gasteiger partial charge in [-0.2, -0.15) is 18.4 Å². The Hall–Kier alpha value is -2.66. The van der Waals surface area contributed by atoms with Crippen molar-refractivity contribution < 1.29 is 18.0 Å². The Morgan fingerprint density at radius 2 is 2.04 bits per heavy atom. The van der Waals surface area contributed by atoms with E-state index in [0.717, 1.165) is 29.8 Å². The molecule has 0 saturated heterocycles. The first-order chi connectivity index (χ1) is 13.4. The fraction of sp³-hybridized carbons (Fsp3) is 0.300. The van der Waals surface area contributed by atoms with Crippen molar-refractivity contribution in [2.75, 3.05) is 29.1 Å². The summed E-state index contributed by atoms with van der Waals surface area (Å²) in [6, 6.07) is 13.0. The highest BCUT2D eigenvalue weighted by Crippen LogP contribution is 2.36. The van der Waals surface area contributed by atoms with E-state index >= 15 is 0 Å². The minimum absolute atomic E-state index is 0.0650. The number of rotatable bonds is 6. The highest BCUT2D eigenvalue weighted by atomic mass is 32.2. The van der Waals surface area contributed by atoms with Crippen LogP contribution in [0.15, 0.2) is 47.4 Å². The van der Waals surface area contributed by atoms with E-state index in [4.69, 9.17) is 5.26 Å². The summed E-state index contributed by atoms with van der Waals surface area (Å²) in [7, 11) is 0. The number of anilines is 2. The molecule has 1 N–H and O–H groups in total. The summed E-state index contributed by atoms with van der Waals surface area (Å²) >= 11 is 1.25. The van der Waals surface area contributed by atoms with Crippen molar-refractivity contribution >= 4 is 29.0 Å². The molecule has 0 unspecified atom stereocenters. The Balaban J connectivity index is 1.75. The predicted octanol–water partition coefficient (Wildman–Crippen LogP) is 4.71. The summed E-state index contributed by atoms with van der Waals surface area (Å²) in [4.78, 5) is 15.0. The van der Waals surface area contributed by atoms with Crippen LogP contribution < -0.4 is 10.2 Å². The molecular formula is C20H18F3N3OS. The number of benzene rings is 2. The quantitative estimate of drug-likeness (QED) is 0.559. The molecule has 0 saturated carbocycles. The number of alkyl halides is 3. The third-order valence-corrected chi connectivity index (χ3v) is 5.45. The first kappa shape index (κ1) is 20.1. The van der Waals surface area contributed by atoms with E-state index in [-0.39, 0.29) is 24.6 Å². The lowest BCUT2D eigenvalue weighted by atomic mass is 10.2. The second-order valence-electron chi connectivity index (χ2n) is 6.31. The van der Waals surface area contributed by atoms with Crippen molar-refractivity contribution in [1.82, 2.24) is 0 Å². The number of halogens is 3. The van der Waals surface area contributed by atoms with Gasteiger partial charge in [0, 0.05) is 29.3 Å². The third kappa shape index (κ3) is 4.78. The molecule has 2 aromatic rings. The van der Waals surface area contributed by atoms with Crippen LogP contribution in [0.25, 0.3) is 0 Å². The maximum Gasteiger partial charge on any atom is 0.416 e. The number of carbonyl (C=O) groups is 1. The van der Waals surface area contributed by atoms with Gasteiger partial charge in [-0.05, 0) is 36.2 Å². The molecule has 1 amide bonds. The van der Waals surface area contributed by atoms with E-state index in [1.807, 2.05) is 35.2 Å². The number of fused-ring (bicyclic) bond motifs is 1. The molecule has 0 spiro atoms. The van der Waals surface area contributed by atoms with Crippen LogP contribution in [0, 0.1) is 11.3 Å². The number of para-hydroxylation sites is 1. The van der Waals surface area contributed by atoms with Crippen molar-refractivity contribution in [1.29, 1.82) is 5.26 Å². The predicted molar refractivity (Wildman–Crippen MR) is 103 cm³/mol. The zero-order chi connectivity index (χ0) is 20.1. The molecule has 3 rings (SSSR count). The Kier molecular flexibility index (Phi) is 6.15. The van der Waals surface area contributed by atoms with Gasteiger partial charge in [0.1, 0.15) is 0 Å². The van der Waals surface area contributed by atoms with Gasteiger partial charge < -0.3 is 10.2 Å². The molecule has 28 heavy (non-hydrogen) atoms. The maximum atomic E-state index is 13.1. The van der Waals surface area contributed by atoms with Gasteiger partial charge in [-0.1, -0.05) is 18.2 Å². The largest absolute Gasteiger partial charge is 0.416 e. The summed E-state index contributed by atoms with van der Waals surface area (Å²) in [5.41, 5.74) is 1.43. The molecule has 0 aliphatic carbocycles. The molecular weight excluding hydrogens is 387 g/mol. The number of amides is 1. The Bertz CT molecular complexity index is 908. The third-order valence-electron chi connectivity index (χ3n) is 4.37. The van der Waals surface area contributed by atoms with Gasteiger partial charge >= 0.3 is 6.18 Å². The van der Waals surface area contributed by atoms with Gasteiger partial charge in [0.05, 0.1) is 23.9 Å². The SMILES string of the molecule is N#CCCSc1ccc(C(F)(F)F)cc1NC(=O)CN1CCc2ccccc21. The molecule has 8 heteroatoms. The van der Waals surface area contributed by atoms with E-state index in [9.17, 15) is 18.0 Å². The highest BCUT2D eigenvalue weighted by Gasteiger charge is 2.31. The standard InChI is InChI=1S/C20H18F3N3OS/c21-20(22,23)15-6-7-18(28-11-3-9-24)16(12-15)25-19(27)13-26-10-8-14-4-1-2-5-17(14)26/h1-2,4-7,12H,3,8,10-11,13H2,(H,25,27). The van der Waals surface area contributed by atoms with E-state index in [1.165, 1.54) is 17.8 Å². The fourth-order valence-electron chi connectivity index (χ4n) is 3.07. The maximum absolute atomic E-state index is 13.1. The van der Waals surface area contributed by atoms with E-state index < -0.39 is 11.7 Å². The summed E-state index contributed by atoms with van der Waals surface area (Å²) in [5, 5.41) is 11.3. The second kappa shape index (κ2) is 8.57. The average Bonchev–Trinajstić information content (AvgIpc) is 3.05.